The van der Waals surface area contributed by atoms with Gasteiger partial charge in [-0.1, -0.05) is 24.3 Å². The van der Waals surface area contributed by atoms with Gasteiger partial charge in [-0.15, -0.1) is 0 Å². The number of carbonyl (C=O) groups excluding carboxylic acids is 1. The standard InChI is InChI=1S/C19H19F3INO2S/c1-18(2,11-27(3)26)24-17(25)16-14(5-4-6-15(16)23)12-7-9-13(10-8-12)19(20,21)22/h4-10H,11H2,1-3H3,(H,24,25). The Morgan fingerprint density at radius 3 is 2.22 bits per heavy atom. The lowest BCUT2D eigenvalue weighted by Crippen LogP contribution is -2.47. The van der Waals surface area contributed by atoms with Crippen LogP contribution in [0.5, 0.6) is 0 Å². The van der Waals surface area contributed by atoms with E-state index in [4.69, 9.17) is 0 Å². The molecule has 2 rings (SSSR count). The van der Waals surface area contributed by atoms with Crippen LogP contribution in [0.15, 0.2) is 42.5 Å². The smallest absolute Gasteiger partial charge is 0.346 e. The van der Waals surface area contributed by atoms with Gasteiger partial charge in [0, 0.05) is 31.9 Å². The zero-order valence-corrected chi connectivity index (χ0v) is 18.0. The molecule has 0 saturated carbocycles. The zero-order chi connectivity index (χ0) is 20.4. The van der Waals surface area contributed by atoms with Gasteiger partial charge in [-0.2, -0.15) is 13.2 Å². The van der Waals surface area contributed by atoms with E-state index in [1.165, 1.54) is 12.1 Å². The fourth-order valence-corrected chi connectivity index (χ4v) is 4.58. The summed E-state index contributed by atoms with van der Waals surface area (Å²) in [4.78, 5) is 12.9. The molecule has 2 aromatic rings. The number of benzene rings is 2. The monoisotopic (exact) mass is 509 g/mol. The summed E-state index contributed by atoms with van der Waals surface area (Å²) < 4.78 is 50.6. The van der Waals surface area contributed by atoms with Gasteiger partial charge >= 0.3 is 6.18 Å². The molecule has 8 heteroatoms. The van der Waals surface area contributed by atoms with Gasteiger partial charge in [-0.25, -0.2) is 0 Å². The zero-order valence-electron chi connectivity index (χ0n) is 15.0. The summed E-state index contributed by atoms with van der Waals surface area (Å²) in [6.07, 6.45) is -2.85. The van der Waals surface area contributed by atoms with Crippen LogP contribution in [-0.4, -0.2) is 27.7 Å². The molecule has 27 heavy (non-hydrogen) atoms. The number of hydrogen-bond acceptors (Lipinski definition) is 2. The number of alkyl halides is 3. The minimum Gasteiger partial charge on any atom is -0.346 e. The number of carbonyl (C=O) groups is 1. The minimum atomic E-state index is -4.41. The molecule has 2 aromatic carbocycles. The SMILES string of the molecule is CS(=O)CC(C)(C)NC(=O)c1c(I)cccc1-c1ccc(C(F)(F)F)cc1. The van der Waals surface area contributed by atoms with Crippen molar-refractivity contribution in [1.82, 2.24) is 5.32 Å². The molecule has 0 spiro atoms. The highest BCUT2D eigenvalue weighted by Crippen LogP contribution is 2.33. The molecule has 146 valence electrons. The van der Waals surface area contributed by atoms with E-state index in [9.17, 15) is 22.2 Å². The lowest BCUT2D eigenvalue weighted by molar-refractivity contribution is -0.137. The average molecular weight is 509 g/mol. The van der Waals surface area contributed by atoms with Crippen LogP contribution in [0, 0.1) is 3.57 Å². The van der Waals surface area contributed by atoms with Crippen LogP contribution in [0.25, 0.3) is 11.1 Å². The van der Waals surface area contributed by atoms with E-state index in [1.54, 1.807) is 38.3 Å². The molecule has 0 heterocycles. The van der Waals surface area contributed by atoms with Gasteiger partial charge in [0.05, 0.1) is 11.1 Å². The second kappa shape index (κ2) is 8.30. The van der Waals surface area contributed by atoms with Crippen LogP contribution in [-0.2, 0) is 17.0 Å². The van der Waals surface area contributed by atoms with Gasteiger partial charge in [-0.3, -0.25) is 9.00 Å². The fraction of sp³-hybridized carbons (Fsp3) is 0.316. The predicted octanol–water partition coefficient (Wildman–Crippen LogP) is 4.86. The Morgan fingerprint density at radius 2 is 1.70 bits per heavy atom. The number of rotatable bonds is 5. The molecular weight excluding hydrogens is 490 g/mol. The number of hydrogen-bond donors (Lipinski definition) is 1. The molecule has 0 aromatic heterocycles. The van der Waals surface area contributed by atoms with Crippen molar-refractivity contribution in [3.63, 3.8) is 0 Å². The van der Waals surface area contributed by atoms with Crippen molar-refractivity contribution in [2.24, 2.45) is 0 Å². The Kier molecular flexibility index (Phi) is 6.72. The van der Waals surface area contributed by atoms with E-state index < -0.39 is 28.1 Å². The Morgan fingerprint density at radius 1 is 1.11 bits per heavy atom. The largest absolute Gasteiger partial charge is 0.416 e. The van der Waals surface area contributed by atoms with Gasteiger partial charge in [0.25, 0.3) is 5.91 Å². The topological polar surface area (TPSA) is 46.2 Å². The van der Waals surface area contributed by atoms with E-state index in [2.05, 4.69) is 5.32 Å². The van der Waals surface area contributed by atoms with Crippen molar-refractivity contribution in [1.29, 1.82) is 0 Å². The number of halogens is 4. The van der Waals surface area contributed by atoms with Crippen LogP contribution >= 0.6 is 22.6 Å². The summed E-state index contributed by atoms with van der Waals surface area (Å²) in [6, 6.07) is 9.92. The molecule has 1 N–H and O–H groups in total. The van der Waals surface area contributed by atoms with Crippen molar-refractivity contribution in [3.05, 3.63) is 57.2 Å². The molecule has 0 aliphatic carbocycles. The highest BCUT2D eigenvalue weighted by Gasteiger charge is 2.30. The van der Waals surface area contributed by atoms with Crippen molar-refractivity contribution >= 4 is 39.3 Å². The first kappa shape index (κ1) is 21.9. The van der Waals surface area contributed by atoms with E-state index in [0.717, 1.165) is 12.1 Å². The summed E-state index contributed by atoms with van der Waals surface area (Å²) >= 11 is 2.02. The van der Waals surface area contributed by atoms with Crippen LogP contribution < -0.4 is 5.32 Å². The van der Waals surface area contributed by atoms with Gasteiger partial charge in [0.2, 0.25) is 0 Å². The van der Waals surface area contributed by atoms with E-state index >= 15 is 0 Å². The maximum Gasteiger partial charge on any atom is 0.416 e. The van der Waals surface area contributed by atoms with Gasteiger partial charge < -0.3 is 5.32 Å². The normalized spacial score (nSPS) is 13.3. The molecule has 0 aliphatic rings. The van der Waals surface area contributed by atoms with Crippen molar-refractivity contribution in [2.75, 3.05) is 12.0 Å². The maximum atomic E-state index is 12.9. The lowest BCUT2D eigenvalue weighted by atomic mass is 9.97. The van der Waals surface area contributed by atoms with E-state index in [1.807, 2.05) is 22.6 Å². The summed E-state index contributed by atoms with van der Waals surface area (Å²) in [5, 5.41) is 2.87. The number of amides is 1. The van der Waals surface area contributed by atoms with Crippen LogP contribution in [0.2, 0.25) is 0 Å². The Labute approximate surface area is 172 Å². The molecule has 0 radical (unpaired) electrons. The maximum absolute atomic E-state index is 12.9. The highest BCUT2D eigenvalue weighted by atomic mass is 127. The molecule has 0 fully saturated rings. The Bertz CT molecular complexity index is 864. The quantitative estimate of drug-likeness (QED) is 0.586. The molecule has 0 saturated heterocycles. The first-order valence-electron chi connectivity index (χ1n) is 7.99. The summed E-state index contributed by atoms with van der Waals surface area (Å²) in [5.74, 6) is -0.0667. The first-order valence-corrected chi connectivity index (χ1v) is 10.8. The van der Waals surface area contributed by atoms with Gasteiger partial charge in [0.1, 0.15) is 0 Å². The average Bonchev–Trinajstić information content (AvgIpc) is 2.52. The lowest BCUT2D eigenvalue weighted by Gasteiger charge is -2.26. The summed E-state index contributed by atoms with van der Waals surface area (Å²) in [5.41, 5.74) is 0.0138. The molecule has 1 amide bonds. The van der Waals surface area contributed by atoms with Crippen LogP contribution in [0.3, 0.4) is 0 Å². The van der Waals surface area contributed by atoms with Crippen LogP contribution in [0.4, 0.5) is 13.2 Å². The molecule has 1 unspecified atom stereocenters. The Balaban J connectivity index is 2.42. The van der Waals surface area contributed by atoms with Gasteiger partial charge in [0.15, 0.2) is 0 Å². The predicted molar refractivity (Wildman–Crippen MR) is 110 cm³/mol. The van der Waals surface area contributed by atoms with Gasteiger partial charge in [-0.05, 0) is 65.8 Å². The Hall–Kier alpha value is -1.42. The fourth-order valence-electron chi connectivity index (χ4n) is 2.75. The molecular formula is C19H19F3INO2S. The van der Waals surface area contributed by atoms with Crippen LogP contribution in [0.1, 0.15) is 29.8 Å². The second-order valence-electron chi connectivity index (χ2n) is 6.79. The van der Waals surface area contributed by atoms with E-state index in [-0.39, 0.29) is 11.7 Å². The molecule has 1 atom stereocenters. The third-order valence-corrected chi connectivity index (χ3v) is 5.81. The number of nitrogens with one attached hydrogen (secondary N) is 1. The molecule has 0 bridgehead atoms. The van der Waals surface area contributed by atoms with Crippen molar-refractivity contribution in [3.8, 4) is 11.1 Å². The third-order valence-electron chi connectivity index (χ3n) is 3.78. The third kappa shape index (κ3) is 5.78. The first-order chi connectivity index (χ1) is 12.4. The van der Waals surface area contributed by atoms with Crippen molar-refractivity contribution < 1.29 is 22.2 Å². The molecule has 0 aliphatic heterocycles. The molecule has 3 nitrogen and oxygen atoms in total. The van der Waals surface area contributed by atoms with E-state index in [0.29, 0.717) is 20.3 Å². The summed E-state index contributed by atoms with van der Waals surface area (Å²) in [6.45, 7) is 3.56. The van der Waals surface area contributed by atoms with Crippen molar-refractivity contribution in [2.45, 2.75) is 25.6 Å². The summed E-state index contributed by atoms with van der Waals surface area (Å²) in [7, 11) is -1.09. The highest BCUT2D eigenvalue weighted by molar-refractivity contribution is 14.1. The minimum absolute atomic E-state index is 0.289. The second-order valence-corrected chi connectivity index (χ2v) is 9.39.